The van der Waals surface area contributed by atoms with Crippen molar-refractivity contribution in [3.05, 3.63) is 52.3 Å². The van der Waals surface area contributed by atoms with Crippen LogP contribution in [0.15, 0.2) is 35.6 Å². The monoisotopic (exact) mass is 308 g/mol. The molecule has 6 heteroatoms. The number of benzene rings is 1. The summed E-state index contributed by atoms with van der Waals surface area (Å²) >= 11 is 7.48. The predicted octanol–water partition coefficient (Wildman–Crippen LogP) is 3.23. The third kappa shape index (κ3) is 3.49. The normalized spacial score (nSPS) is 10.3. The summed E-state index contributed by atoms with van der Waals surface area (Å²) in [6.45, 7) is 0. The van der Waals surface area contributed by atoms with E-state index in [1.54, 1.807) is 18.3 Å². The zero-order valence-electron chi connectivity index (χ0n) is 11.1. The van der Waals surface area contributed by atoms with E-state index in [-0.39, 0.29) is 0 Å². The number of nitrogens with zero attached hydrogens (tertiary/aromatic N) is 2. The maximum atomic E-state index is 11.6. The Morgan fingerprint density at radius 1 is 1.40 bits per heavy atom. The standard InChI is InChI=1S/C14H13ClN2O2S/c1-19-13(18)11-8-9(3-4-12(11)15)7-10-5-6-16-14(17-10)20-2/h3-6,8H,7H2,1-2H3. The molecule has 0 aliphatic heterocycles. The average Bonchev–Trinajstić information content (AvgIpc) is 2.48. The summed E-state index contributed by atoms with van der Waals surface area (Å²) < 4.78 is 4.71. The molecule has 1 aromatic carbocycles. The highest BCUT2D eigenvalue weighted by atomic mass is 35.5. The summed E-state index contributed by atoms with van der Waals surface area (Å²) in [7, 11) is 1.33. The summed E-state index contributed by atoms with van der Waals surface area (Å²) in [6, 6.07) is 7.15. The fraction of sp³-hybridized carbons (Fsp3) is 0.214. The van der Waals surface area contributed by atoms with E-state index in [1.165, 1.54) is 18.9 Å². The molecule has 0 aliphatic carbocycles. The van der Waals surface area contributed by atoms with Crippen LogP contribution in [0.3, 0.4) is 0 Å². The van der Waals surface area contributed by atoms with Gasteiger partial charge < -0.3 is 4.74 Å². The van der Waals surface area contributed by atoms with Crippen LogP contribution in [0, 0.1) is 0 Å². The SMILES string of the molecule is COC(=O)c1cc(Cc2ccnc(SC)n2)ccc1Cl. The first-order chi connectivity index (χ1) is 9.63. The van der Waals surface area contributed by atoms with E-state index in [0.717, 1.165) is 16.4 Å². The molecule has 0 saturated carbocycles. The minimum absolute atomic E-state index is 0.366. The van der Waals surface area contributed by atoms with Gasteiger partial charge >= 0.3 is 5.97 Å². The molecule has 4 nitrogen and oxygen atoms in total. The molecule has 104 valence electrons. The zero-order chi connectivity index (χ0) is 14.5. The number of methoxy groups -OCH3 is 1. The second-order valence-corrected chi connectivity index (χ2v) is 5.20. The molecule has 1 heterocycles. The molecule has 0 saturated heterocycles. The molecule has 0 radical (unpaired) electrons. The van der Waals surface area contributed by atoms with Crippen molar-refractivity contribution in [3.8, 4) is 0 Å². The van der Waals surface area contributed by atoms with Crippen LogP contribution in [0.25, 0.3) is 0 Å². The van der Waals surface area contributed by atoms with Crippen molar-refractivity contribution in [2.75, 3.05) is 13.4 Å². The Morgan fingerprint density at radius 3 is 2.90 bits per heavy atom. The van der Waals surface area contributed by atoms with Crippen LogP contribution in [-0.2, 0) is 11.2 Å². The van der Waals surface area contributed by atoms with Crippen LogP contribution in [0.1, 0.15) is 21.6 Å². The van der Waals surface area contributed by atoms with Gasteiger partial charge in [-0.2, -0.15) is 0 Å². The van der Waals surface area contributed by atoms with Crippen LogP contribution < -0.4 is 0 Å². The van der Waals surface area contributed by atoms with Crippen molar-refractivity contribution in [1.29, 1.82) is 0 Å². The maximum absolute atomic E-state index is 11.6. The number of halogens is 1. The van der Waals surface area contributed by atoms with Gasteiger partial charge in [0.25, 0.3) is 0 Å². The molecular weight excluding hydrogens is 296 g/mol. The van der Waals surface area contributed by atoms with E-state index in [1.807, 2.05) is 18.4 Å². The van der Waals surface area contributed by atoms with E-state index in [4.69, 9.17) is 16.3 Å². The molecule has 2 rings (SSSR count). The number of ether oxygens (including phenoxy) is 1. The quantitative estimate of drug-likeness (QED) is 0.493. The molecule has 0 bridgehead atoms. The number of hydrogen-bond acceptors (Lipinski definition) is 5. The maximum Gasteiger partial charge on any atom is 0.339 e. The zero-order valence-corrected chi connectivity index (χ0v) is 12.7. The number of thioether (sulfide) groups is 1. The number of aromatic nitrogens is 2. The summed E-state index contributed by atoms with van der Waals surface area (Å²) in [5.74, 6) is -0.440. The average molecular weight is 309 g/mol. The third-order valence-electron chi connectivity index (χ3n) is 2.70. The Morgan fingerprint density at radius 2 is 2.20 bits per heavy atom. The third-order valence-corrected chi connectivity index (χ3v) is 3.59. The van der Waals surface area contributed by atoms with Crippen molar-refractivity contribution in [2.45, 2.75) is 11.6 Å². The second kappa shape index (κ2) is 6.72. The van der Waals surface area contributed by atoms with E-state index in [2.05, 4.69) is 9.97 Å². The lowest BCUT2D eigenvalue weighted by atomic mass is 10.1. The van der Waals surface area contributed by atoms with Gasteiger partial charge in [-0.25, -0.2) is 14.8 Å². The summed E-state index contributed by atoms with van der Waals surface area (Å²) in [5, 5.41) is 1.11. The van der Waals surface area contributed by atoms with Crippen molar-refractivity contribution < 1.29 is 9.53 Å². The fourth-order valence-electron chi connectivity index (χ4n) is 1.73. The van der Waals surface area contributed by atoms with Gasteiger partial charge in [0.05, 0.1) is 17.7 Å². The van der Waals surface area contributed by atoms with Crippen LogP contribution in [0.5, 0.6) is 0 Å². The number of hydrogen-bond donors (Lipinski definition) is 0. The van der Waals surface area contributed by atoms with E-state index < -0.39 is 5.97 Å². The van der Waals surface area contributed by atoms with Crippen LogP contribution >= 0.6 is 23.4 Å². The van der Waals surface area contributed by atoms with Gasteiger partial charge in [0.2, 0.25) is 0 Å². The van der Waals surface area contributed by atoms with Gasteiger partial charge in [0.1, 0.15) is 0 Å². The molecule has 0 amide bonds. The van der Waals surface area contributed by atoms with Gasteiger partial charge in [0, 0.05) is 18.3 Å². The van der Waals surface area contributed by atoms with Gasteiger partial charge in [-0.1, -0.05) is 29.4 Å². The minimum Gasteiger partial charge on any atom is -0.465 e. The Bertz CT molecular complexity index is 634. The van der Waals surface area contributed by atoms with Gasteiger partial charge in [-0.3, -0.25) is 0 Å². The topological polar surface area (TPSA) is 52.1 Å². The Hall–Kier alpha value is -1.59. The summed E-state index contributed by atoms with van der Waals surface area (Å²) in [5.41, 5.74) is 2.20. The highest BCUT2D eigenvalue weighted by Gasteiger charge is 2.12. The first kappa shape index (κ1) is 14.8. The van der Waals surface area contributed by atoms with Crippen LogP contribution in [-0.4, -0.2) is 29.3 Å². The molecule has 0 atom stereocenters. The van der Waals surface area contributed by atoms with Crippen LogP contribution in [0.4, 0.5) is 0 Å². The van der Waals surface area contributed by atoms with Gasteiger partial charge in [-0.15, -0.1) is 0 Å². The molecule has 0 N–H and O–H groups in total. The molecule has 0 fully saturated rings. The first-order valence-corrected chi connectivity index (χ1v) is 7.47. The second-order valence-electron chi connectivity index (χ2n) is 4.02. The van der Waals surface area contributed by atoms with E-state index in [9.17, 15) is 4.79 Å². The lowest BCUT2D eigenvalue weighted by Crippen LogP contribution is -2.03. The van der Waals surface area contributed by atoms with E-state index in [0.29, 0.717) is 17.0 Å². The Labute approximate surface area is 126 Å². The van der Waals surface area contributed by atoms with Crippen molar-refractivity contribution in [1.82, 2.24) is 9.97 Å². The predicted molar refractivity (Wildman–Crippen MR) is 79.4 cm³/mol. The molecule has 0 spiro atoms. The molecule has 1 aromatic heterocycles. The molecule has 0 unspecified atom stereocenters. The van der Waals surface area contributed by atoms with Crippen molar-refractivity contribution in [2.24, 2.45) is 0 Å². The largest absolute Gasteiger partial charge is 0.465 e. The lowest BCUT2D eigenvalue weighted by molar-refractivity contribution is 0.0601. The van der Waals surface area contributed by atoms with Crippen molar-refractivity contribution >= 4 is 29.3 Å². The van der Waals surface area contributed by atoms with Crippen molar-refractivity contribution in [3.63, 3.8) is 0 Å². The molecule has 2 aromatic rings. The van der Waals surface area contributed by atoms with Gasteiger partial charge in [-0.05, 0) is 30.0 Å². The van der Waals surface area contributed by atoms with E-state index >= 15 is 0 Å². The van der Waals surface area contributed by atoms with Gasteiger partial charge in [0.15, 0.2) is 5.16 Å². The molecule has 20 heavy (non-hydrogen) atoms. The highest BCUT2D eigenvalue weighted by Crippen LogP contribution is 2.20. The first-order valence-electron chi connectivity index (χ1n) is 5.86. The Kier molecular flexibility index (Phi) is 4.98. The van der Waals surface area contributed by atoms with Crippen LogP contribution in [0.2, 0.25) is 5.02 Å². The fourth-order valence-corrected chi connectivity index (χ4v) is 2.30. The summed E-state index contributed by atoms with van der Waals surface area (Å²) in [6.07, 6.45) is 4.26. The minimum atomic E-state index is -0.440. The summed E-state index contributed by atoms with van der Waals surface area (Å²) in [4.78, 5) is 20.1. The molecular formula is C14H13ClN2O2S. The Balaban J connectivity index is 2.27. The number of carbonyl (C=O) groups excluding carboxylic acids is 1. The smallest absolute Gasteiger partial charge is 0.339 e. The number of carbonyl (C=O) groups is 1. The number of rotatable bonds is 4. The highest BCUT2D eigenvalue weighted by molar-refractivity contribution is 7.98. The lowest BCUT2D eigenvalue weighted by Gasteiger charge is -2.06. The molecule has 0 aliphatic rings. The number of esters is 1.